The van der Waals surface area contributed by atoms with Crippen LogP contribution in [0.5, 0.6) is 11.5 Å². The highest BCUT2D eigenvalue weighted by Gasteiger charge is 2.32. The van der Waals surface area contributed by atoms with Crippen LogP contribution in [0.4, 0.5) is 11.4 Å². The number of ether oxygens (including phenoxy) is 2. The summed E-state index contributed by atoms with van der Waals surface area (Å²) in [6.07, 6.45) is -0.573. The summed E-state index contributed by atoms with van der Waals surface area (Å²) in [4.78, 5) is 26.9. The number of para-hydroxylation sites is 1. The minimum absolute atomic E-state index is 0.111. The van der Waals surface area contributed by atoms with Crippen LogP contribution in [-0.2, 0) is 16.1 Å². The minimum atomic E-state index is -0.573. The number of fused-ring (bicyclic) bond motifs is 1. The number of rotatable bonds is 6. The summed E-state index contributed by atoms with van der Waals surface area (Å²) < 4.78 is 11.3. The lowest BCUT2D eigenvalue weighted by molar-refractivity contribution is -0.125. The molecule has 1 aliphatic heterocycles. The zero-order valence-corrected chi connectivity index (χ0v) is 17.5. The number of anilines is 2. The monoisotopic (exact) mass is 416 g/mol. The lowest BCUT2D eigenvalue weighted by atomic mass is 10.1. The van der Waals surface area contributed by atoms with Crippen molar-refractivity contribution < 1.29 is 19.1 Å². The van der Waals surface area contributed by atoms with Gasteiger partial charge in [0.1, 0.15) is 11.5 Å². The summed E-state index contributed by atoms with van der Waals surface area (Å²) in [5.74, 6) is 0.831. The van der Waals surface area contributed by atoms with Crippen LogP contribution in [0.1, 0.15) is 18.1 Å². The SMILES string of the molecule is Cc1ccccc1CN1C(=O)C(C)Oc2ccc(NC(=O)COc3ccccc3)cc21. The maximum absolute atomic E-state index is 12.9. The third kappa shape index (κ3) is 4.69. The standard InChI is InChI=1S/C25H24N2O4/c1-17-8-6-7-9-19(17)15-27-22-14-20(12-13-23(22)31-18(2)25(27)29)26-24(28)16-30-21-10-4-3-5-11-21/h3-14,18H,15-16H2,1-2H3,(H,26,28). The molecule has 31 heavy (non-hydrogen) atoms. The first-order valence-corrected chi connectivity index (χ1v) is 10.2. The zero-order chi connectivity index (χ0) is 21.8. The molecule has 0 aromatic heterocycles. The molecule has 3 aromatic carbocycles. The Morgan fingerprint density at radius 3 is 2.58 bits per heavy atom. The van der Waals surface area contributed by atoms with Gasteiger partial charge in [0.05, 0.1) is 12.2 Å². The Labute approximate surface area is 181 Å². The lowest BCUT2D eigenvalue weighted by Crippen LogP contribution is -2.44. The van der Waals surface area contributed by atoms with Crippen LogP contribution in [0, 0.1) is 6.92 Å². The number of nitrogens with one attached hydrogen (secondary N) is 1. The molecule has 158 valence electrons. The molecular weight excluding hydrogens is 392 g/mol. The summed E-state index contributed by atoms with van der Waals surface area (Å²) in [5.41, 5.74) is 3.37. The Morgan fingerprint density at radius 1 is 1.06 bits per heavy atom. The van der Waals surface area contributed by atoms with Crippen molar-refractivity contribution in [2.45, 2.75) is 26.5 Å². The van der Waals surface area contributed by atoms with E-state index in [1.54, 1.807) is 42.2 Å². The van der Waals surface area contributed by atoms with Gasteiger partial charge in [-0.3, -0.25) is 9.59 Å². The quantitative estimate of drug-likeness (QED) is 0.650. The van der Waals surface area contributed by atoms with Crippen molar-refractivity contribution in [3.63, 3.8) is 0 Å². The molecule has 0 saturated heterocycles. The molecule has 1 atom stereocenters. The second-order valence-corrected chi connectivity index (χ2v) is 7.44. The van der Waals surface area contributed by atoms with E-state index in [0.717, 1.165) is 11.1 Å². The van der Waals surface area contributed by atoms with E-state index in [4.69, 9.17) is 9.47 Å². The molecule has 1 aliphatic rings. The van der Waals surface area contributed by atoms with Crippen molar-refractivity contribution in [2.75, 3.05) is 16.8 Å². The number of benzene rings is 3. The molecular formula is C25H24N2O4. The summed E-state index contributed by atoms with van der Waals surface area (Å²) >= 11 is 0. The van der Waals surface area contributed by atoms with Gasteiger partial charge in [0.2, 0.25) is 0 Å². The van der Waals surface area contributed by atoms with Crippen molar-refractivity contribution in [2.24, 2.45) is 0 Å². The van der Waals surface area contributed by atoms with Crippen molar-refractivity contribution in [3.05, 3.63) is 83.9 Å². The first-order chi connectivity index (χ1) is 15.0. The Bertz CT molecular complexity index is 1100. The van der Waals surface area contributed by atoms with E-state index < -0.39 is 6.10 Å². The number of aryl methyl sites for hydroxylation is 1. The van der Waals surface area contributed by atoms with E-state index in [1.807, 2.05) is 49.4 Å². The van der Waals surface area contributed by atoms with Crippen LogP contribution in [0.15, 0.2) is 72.8 Å². The van der Waals surface area contributed by atoms with Gasteiger partial charge in [0.25, 0.3) is 11.8 Å². The predicted octanol–water partition coefficient (Wildman–Crippen LogP) is 4.33. The van der Waals surface area contributed by atoms with E-state index in [-0.39, 0.29) is 18.4 Å². The number of carbonyl (C=O) groups is 2. The number of carbonyl (C=O) groups excluding carboxylic acids is 2. The first kappa shape index (κ1) is 20.5. The van der Waals surface area contributed by atoms with Gasteiger partial charge in [-0.2, -0.15) is 0 Å². The number of hydrogen-bond acceptors (Lipinski definition) is 4. The molecule has 0 radical (unpaired) electrons. The normalized spacial score (nSPS) is 15.1. The third-order valence-electron chi connectivity index (χ3n) is 5.15. The van der Waals surface area contributed by atoms with E-state index in [0.29, 0.717) is 29.4 Å². The maximum Gasteiger partial charge on any atom is 0.268 e. The predicted molar refractivity (Wildman–Crippen MR) is 119 cm³/mol. The van der Waals surface area contributed by atoms with Crippen LogP contribution < -0.4 is 19.7 Å². The Balaban J connectivity index is 1.52. The topological polar surface area (TPSA) is 67.9 Å². The molecule has 0 saturated carbocycles. The van der Waals surface area contributed by atoms with Gasteiger partial charge in [-0.1, -0.05) is 42.5 Å². The molecule has 3 aromatic rings. The van der Waals surface area contributed by atoms with E-state index in [1.165, 1.54) is 0 Å². The summed E-state index contributed by atoms with van der Waals surface area (Å²) in [6.45, 7) is 4.09. The van der Waals surface area contributed by atoms with E-state index in [9.17, 15) is 9.59 Å². The largest absolute Gasteiger partial charge is 0.484 e. The smallest absolute Gasteiger partial charge is 0.268 e. The van der Waals surface area contributed by atoms with Crippen molar-refractivity contribution in [3.8, 4) is 11.5 Å². The van der Waals surface area contributed by atoms with Crippen LogP contribution >= 0.6 is 0 Å². The average Bonchev–Trinajstić information content (AvgIpc) is 2.78. The van der Waals surface area contributed by atoms with Crippen LogP contribution in [0.2, 0.25) is 0 Å². The molecule has 2 amide bonds. The van der Waals surface area contributed by atoms with Crippen molar-refractivity contribution in [1.29, 1.82) is 0 Å². The minimum Gasteiger partial charge on any atom is -0.484 e. The highest BCUT2D eigenvalue weighted by atomic mass is 16.5. The fourth-order valence-corrected chi connectivity index (χ4v) is 3.47. The number of amides is 2. The van der Waals surface area contributed by atoms with E-state index in [2.05, 4.69) is 5.32 Å². The summed E-state index contributed by atoms with van der Waals surface area (Å²) in [5, 5.41) is 2.83. The Hall–Kier alpha value is -3.80. The fraction of sp³-hybridized carbons (Fsp3) is 0.200. The molecule has 6 nitrogen and oxygen atoms in total. The summed E-state index contributed by atoms with van der Waals surface area (Å²) in [6, 6.07) is 22.4. The molecule has 0 bridgehead atoms. The van der Waals surface area contributed by atoms with Gasteiger partial charge >= 0.3 is 0 Å². The molecule has 1 heterocycles. The van der Waals surface area contributed by atoms with Gasteiger partial charge in [-0.15, -0.1) is 0 Å². The Morgan fingerprint density at radius 2 is 1.81 bits per heavy atom. The van der Waals surface area contributed by atoms with Crippen LogP contribution in [-0.4, -0.2) is 24.5 Å². The Kier molecular flexibility index (Phi) is 5.89. The molecule has 4 rings (SSSR count). The molecule has 0 aliphatic carbocycles. The van der Waals surface area contributed by atoms with E-state index >= 15 is 0 Å². The highest BCUT2D eigenvalue weighted by Crippen LogP contribution is 2.37. The van der Waals surface area contributed by atoms with Gasteiger partial charge in [-0.05, 0) is 55.3 Å². The molecule has 0 spiro atoms. The second kappa shape index (κ2) is 8.92. The molecule has 6 heteroatoms. The van der Waals surface area contributed by atoms with Gasteiger partial charge in [0, 0.05) is 5.69 Å². The third-order valence-corrected chi connectivity index (χ3v) is 5.15. The van der Waals surface area contributed by atoms with Gasteiger partial charge in [0.15, 0.2) is 12.7 Å². The number of hydrogen-bond donors (Lipinski definition) is 1. The molecule has 0 fully saturated rings. The summed E-state index contributed by atoms with van der Waals surface area (Å²) in [7, 11) is 0. The fourth-order valence-electron chi connectivity index (χ4n) is 3.47. The van der Waals surface area contributed by atoms with Gasteiger partial charge in [-0.25, -0.2) is 0 Å². The van der Waals surface area contributed by atoms with Crippen molar-refractivity contribution in [1.82, 2.24) is 0 Å². The van der Waals surface area contributed by atoms with Crippen molar-refractivity contribution >= 4 is 23.2 Å². The first-order valence-electron chi connectivity index (χ1n) is 10.2. The molecule has 1 N–H and O–H groups in total. The van der Waals surface area contributed by atoms with Crippen LogP contribution in [0.3, 0.4) is 0 Å². The average molecular weight is 416 g/mol. The second-order valence-electron chi connectivity index (χ2n) is 7.44. The lowest BCUT2D eigenvalue weighted by Gasteiger charge is -2.33. The van der Waals surface area contributed by atoms with Crippen LogP contribution in [0.25, 0.3) is 0 Å². The van der Waals surface area contributed by atoms with Gasteiger partial charge < -0.3 is 19.7 Å². The number of nitrogens with zero attached hydrogens (tertiary/aromatic N) is 1. The maximum atomic E-state index is 12.9. The highest BCUT2D eigenvalue weighted by molar-refractivity contribution is 6.01. The zero-order valence-electron chi connectivity index (χ0n) is 17.5. The molecule has 1 unspecified atom stereocenters.